The summed E-state index contributed by atoms with van der Waals surface area (Å²) in [5.74, 6) is 0. The van der Waals surface area contributed by atoms with E-state index in [1.165, 1.54) is 0 Å². The molecule has 0 rings (SSSR count). The molecule has 0 aliphatic rings. The Morgan fingerprint density at radius 2 is 2.11 bits per heavy atom. The van der Waals surface area contributed by atoms with E-state index in [1.807, 2.05) is 7.05 Å². The van der Waals surface area contributed by atoms with E-state index in [9.17, 15) is 0 Å². The van der Waals surface area contributed by atoms with E-state index >= 15 is 0 Å². The lowest BCUT2D eigenvalue weighted by molar-refractivity contribution is 0.484. The van der Waals surface area contributed by atoms with Crippen molar-refractivity contribution < 1.29 is 0 Å². The average molecular weight is 130 g/mol. The molecule has 0 aromatic heterocycles. The molecule has 0 aromatic rings. The SMILES string of the molecule is CCC(N)CC(C)NC. The van der Waals surface area contributed by atoms with E-state index in [0.717, 1.165) is 12.8 Å². The summed E-state index contributed by atoms with van der Waals surface area (Å²) in [5, 5.41) is 3.15. The maximum Gasteiger partial charge on any atom is 0.00509 e. The third-order valence-electron chi connectivity index (χ3n) is 1.67. The first-order valence-corrected chi connectivity index (χ1v) is 3.63. The monoisotopic (exact) mass is 130 g/mol. The van der Waals surface area contributed by atoms with Gasteiger partial charge >= 0.3 is 0 Å². The Bertz CT molecular complexity index is 55.9. The maximum atomic E-state index is 5.71. The summed E-state index contributed by atoms with van der Waals surface area (Å²) in [4.78, 5) is 0. The van der Waals surface area contributed by atoms with Crippen LogP contribution < -0.4 is 11.1 Å². The Kier molecular flexibility index (Phi) is 4.72. The van der Waals surface area contributed by atoms with Crippen molar-refractivity contribution in [1.82, 2.24) is 5.32 Å². The summed E-state index contributed by atoms with van der Waals surface area (Å²) >= 11 is 0. The summed E-state index contributed by atoms with van der Waals surface area (Å²) < 4.78 is 0. The molecule has 2 nitrogen and oxygen atoms in total. The van der Waals surface area contributed by atoms with Crippen LogP contribution in [0.5, 0.6) is 0 Å². The fourth-order valence-electron chi connectivity index (χ4n) is 0.739. The van der Waals surface area contributed by atoms with Gasteiger partial charge in [0.15, 0.2) is 0 Å². The third-order valence-corrected chi connectivity index (χ3v) is 1.67. The highest BCUT2D eigenvalue weighted by Gasteiger charge is 2.03. The van der Waals surface area contributed by atoms with Crippen molar-refractivity contribution in [3.05, 3.63) is 0 Å². The second-order valence-electron chi connectivity index (χ2n) is 2.59. The molecular weight excluding hydrogens is 112 g/mol. The van der Waals surface area contributed by atoms with Gasteiger partial charge in [-0.3, -0.25) is 0 Å². The van der Waals surface area contributed by atoms with Crippen LogP contribution in [-0.4, -0.2) is 19.1 Å². The van der Waals surface area contributed by atoms with Gasteiger partial charge in [-0.25, -0.2) is 0 Å². The van der Waals surface area contributed by atoms with Gasteiger partial charge in [-0.15, -0.1) is 0 Å². The Morgan fingerprint density at radius 1 is 1.56 bits per heavy atom. The number of hydrogen-bond donors (Lipinski definition) is 2. The second-order valence-corrected chi connectivity index (χ2v) is 2.59. The molecule has 0 heterocycles. The fraction of sp³-hybridized carbons (Fsp3) is 1.00. The van der Waals surface area contributed by atoms with E-state index in [4.69, 9.17) is 5.73 Å². The lowest BCUT2D eigenvalue weighted by atomic mass is 10.1. The smallest absolute Gasteiger partial charge is 0.00509 e. The maximum absolute atomic E-state index is 5.71. The van der Waals surface area contributed by atoms with Crippen LogP contribution in [-0.2, 0) is 0 Å². The van der Waals surface area contributed by atoms with Gasteiger partial charge in [-0.2, -0.15) is 0 Å². The highest BCUT2D eigenvalue weighted by molar-refractivity contribution is 4.66. The summed E-state index contributed by atoms with van der Waals surface area (Å²) in [6, 6.07) is 0.924. The van der Waals surface area contributed by atoms with Gasteiger partial charge in [-0.1, -0.05) is 6.92 Å². The first kappa shape index (κ1) is 8.92. The largest absolute Gasteiger partial charge is 0.328 e. The highest BCUT2D eigenvalue weighted by atomic mass is 14.9. The number of nitrogens with one attached hydrogen (secondary N) is 1. The van der Waals surface area contributed by atoms with Crippen LogP contribution in [0.4, 0.5) is 0 Å². The Hall–Kier alpha value is -0.0800. The van der Waals surface area contributed by atoms with E-state index in [-0.39, 0.29) is 0 Å². The van der Waals surface area contributed by atoms with E-state index < -0.39 is 0 Å². The predicted octanol–water partition coefficient (Wildman–Crippen LogP) is 0.722. The number of hydrogen-bond acceptors (Lipinski definition) is 2. The van der Waals surface area contributed by atoms with Crippen molar-refractivity contribution in [1.29, 1.82) is 0 Å². The fourth-order valence-corrected chi connectivity index (χ4v) is 0.739. The summed E-state index contributed by atoms with van der Waals surface area (Å²) in [5.41, 5.74) is 5.71. The summed E-state index contributed by atoms with van der Waals surface area (Å²) in [7, 11) is 1.97. The Morgan fingerprint density at radius 3 is 2.44 bits per heavy atom. The zero-order valence-corrected chi connectivity index (χ0v) is 6.65. The molecule has 0 aliphatic heterocycles. The molecule has 2 heteroatoms. The highest BCUT2D eigenvalue weighted by Crippen LogP contribution is 1.97. The van der Waals surface area contributed by atoms with Crippen LogP contribution in [0.25, 0.3) is 0 Å². The number of nitrogens with two attached hydrogens (primary N) is 1. The van der Waals surface area contributed by atoms with Crippen molar-refractivity contribution in [2.24, 2.45) is 5.73 Å². The minimum atomic E-state index is 0.368. The van der Waals surface area contributed by atoms with Crippen molar-refractivity contribution in [2.45, 2.75) is 38.8 Å². The molecule has 0 bridgehead atoms. The second kappa shape index (κ2) is 4.77. The zero-order chi connectivity index (χ0) is 7.28. The summed E-state index contributed by atoms with van der Waals surface area (Å²) in [6.45, 7) is 4.27. The van der Waals surface area contributed by atoms with E-state index in [1.54, 1.807) is 0 Å². The van der Waals surface area contributed by atoms with Gasteiger partial charge in [0.25, 0.3) is 0 Å². The molecule has 2 atom stereocenters. The molecule has 0 aromatic carbocycles. The molecule has 56 valence electrons. The van der Waals surface area contributed by atoms with Gasteiger partial charge in [0.05, 0.1) is 0 Å². The lowest BCUT2D eigenvalue weighted by Crippen LogP contribution is -2.30. The molecule has 3 N–H and O–H groups in total. The molecule has 9 heavy (non-hydrogen) atoms. The summed E-state index contributed by atoms with van der Waals surface area (Å²) in [6.07, 6.45) is 2.15. The van der Waals surface area contributed by atoms with Crippen LogP contribution in [0.3, 0.4) is 0 Å². The minimum absolute atomic E-state index is 0.368. The first-order chi connectivity index (χ1) is 4.20. The standard InChI is InChI=1S/C7H18N2/c1-4-7(8)5-6(2)9-3/h6-7,9H,4-5,8H2,1-3H3. The van der Waals surface area contributed by atoms with Crippen molar-refractivity contribution in [3.8, 4) is 0 Å². The van der Waals surface area contributed by atoms with Gasteiger partial charge in [0, 0.05) is 12.1 Å². The van der Waals surface area contributed by atoms with Crippen molar-refractivity contribution >= 4 is 0 Å². The van der Waals surface area contributed by atoms with Crippen LogP contribution in [0.15, 0.2) is 0 Å². The Labute approximate surface area is 57.8 Å². The zero-order valence-electron chi connectivity index (χ0n) is 6.65. The average Bonchev–Trinajstić information content (AvgIpc) is 1.87. The normalized spacial score (nSPS) is 17.3. The van der Waals surface area contributed by atoms with Crippen LogP contribution in [0, 0.1) is 0 Å². The van der Waals surface area contributed by atoms with Gasteiger partial charge < -0.3 is 11.1 Å². The minimum Gasteiger partial charge on any atom is -0.328 e. The van der Waals surface area contributed by atoms with Crippen LogP contribution in [0.2, 0.25) is 0 Å². The van der Waals surface area contributed by atoms with Gasteiger partial charge in [-0.05, 0) is 26.8 Å². The first-order valence-electron chi connectivity index (χ1n) is 3.63. The molecule has 2 unspecified atom stereocenters. The van der Waals surface area contributed by atoms with Crippen LogP contribution >= 0.6 is 0 Å². The van der Waals surface area contributed by atoms with E-state index in [0.29, 0.717) is 12.1 Å². The van der Waals surface area contributed by atoms with E-state index in [2.05, 4.69) is 19.2 Å². The van der Waals surface area contributed by atoms with Crippen molar-refractivity contribution in [2.75, 3.05) is 7.05 Å². The van der Waals surface area contributed by atoms with Crippen LogP contribution in [0.1, 0.15) is 26.7 Å². The third kappa shape index (κ3) is 4.43. The quantitative estimate of drug-likeness (QED) is 0.588. The molecule has 0 saturated heterocycles. The predicted molar refractivity (Wildman–Crippen MR) is 41.4 cm³/mol. The number of rotatable bonds is 4. The Balaban J connectivity index is 3.22. The molecule has 0 aliphatic carbocycles. The van der Waals surface area contributed by atoms with Gasteiger partial charge in [0.2, 0.25) is 0 Å². The van der Waals surface area contributed by atoms with Gasteiger partial charge in [0.1, 0.15) is 0 Å². The molecule has 0 fully saturated rings. The van der Waals surface area contributed by atoms with Crippen molar-refractivity contribution in [3.63, 3.8) is 0 Å². The molecule has 0 saturated carbocycles. The topological polar surface area (TPSA) is 38.0 Å². The molecule has 0 spiro atoms. The molecular formula is C7H18N2. The lowest BCUT2D eigenvalue weighted by Gasteiger charge is -2.14. The molecule has 0 radical (unpaired) electrons. The molecule has 0 amide bonds.